The van der Waals surface area contributed by atoms with Crippen molar-refractivity contribution in [2.75, 3.05) is 51.3 Å². The molecule has 1 aromatic rings. The highest BCUT2D eigenvalue weighted by atomic mass is 16.5. The van der Waals surface area contributed by atoms with E-state index in [0.717, 1.165) is 95.9 Å². The van der Waals surface area contributed by atoms with E-state index in [2.05, 4.69) is 20.1 Å². The number of hydrogen-bond donors (Lipinski definition) is 2. The topological polar surface area (TPSA) is 90.8 Å². The Bertz CT molecular complexity index is 882. The summed E-state index contributed by atoms with van der Waals surface area (Å²) in [5, 5.41) is 14.2. The molecule has 5 aliphatic carbocycles. The number of nitrogens with one attached hydrogen (secondary N) is 1. The van der Waals surface area contributed by atoms with Gasteiger partial charge in [-0.15, -0.1) is 0 Å². The van der Waals surface area contributed by atoms with E-state index >= 15 is 0 Å². The summed E-state index contributed by atoms with van der Waals surface area (Å²) in [5.41, 5.74) is 1.11. The number of hydrogen-bond acceptors (Lipinski definition) is 7. The maximum Gasteiger partial charge on any atom is 0.254 e. The number of ether oxygens (including phenoxy) is 1. The molecular weight excluding hydrogens is 418 g/mol. The quantitative estimate of drug-likeness (QED) is 0.648. The molecule has 1 amide bonds. The smallest absolute Gasteiger partial charge is 0.254 e. The zero-order valence-corrected chi connectivity index (χ0v) is 19.7. The number of methoxy groups -OCH3 is 1. The van der Waals surface area contributed by atoms with Crippen molar-refractivity contribution >= 4 is 11.9 Å². The normalized spacial score (nSPS) is 35.8. The van der Waals surface area contributed by atoms with Gasteiger partial charge in [-0.25, -0.2) is 9.97 Å². The molecule has 6 fully saturated rings. The van der Waals surface area contributed by atoms with Gasteiger partial charge in [-0.1, -0.05) is 0 Å². The SMILES string of the molecule is COCCN1CCN(c2ncc(C(=O)N[C@H]3C4CC5CC3C[C@@](O)(C5)C4)c(C3CC3)n2)CC1. The first-order valence-electron chi connectivity index (χ1n) is 12.9. The average Bonchev–Trinajstić information content (AvgIpc) is 3.64. The third-order valence-electron chi connectivity index (χ3n) is 8.82. The third kappa shape index (κ3) is 4.26. The largest absolute Gasteiger partial charge is 0.390 e. The van der Waals surface area contributed by atoms with Gasteiger partial charge in [0.2, 0.25) is 5.95 Å². The van der Waals surface area contributed by atoms with Crippen LogP contribution in [0.4, 0.5) is 5.95 Å². The minimum absolute atomic E-state index is 0.0164. The van der Waals surface area contributed by atoms with Crippen LogP contribution in [-0.2, 0) is 4.74 Å². The van der Waals surface area contributed by atoms with Crippen LogP contribution in [0.15, 0.2) is 6.20 Å². The molecule has 180 valence electrons. The fraction of sp³-hybridized carbons (Fsp3) is 0.800. The number of rotatable bonds is 7. The molecule has 6 aliphatic rings. The molecule has 0 spiro atoms. The van der Waals surface area contributed by atoms with Gasteiger partial charge in [-0.05, 0) is 62.7 Å². The first-order valence-corrected chi connectivity index (χ1v) is 12.9. The number of amides is 1. The van der Waals surface area contributed by atoms with Crippen molar-refractivity contribution in [2.45, 2.75) is 62.5 Å². The maximum atomic E-state index is 13.4. The molecule has 2 heterocycles. The number of carbonyl (C=O) groups excluding carboxylic acids is 1. The summed E-state index contributed by atoms with van der Waals surface area (Å²) in [6.07, 6.45) is 8.90. The molecule has 7 rings (SSSR count). The molecule has 1 aliphatic heterocycles. The third-order valence-corrected chi connectivity index (χ3v) is 8.82. The first kappa shape index (κ1) is 21.7. The van der Waals surface area contributed by atoms with Crippen molar-refractivity contribution in [3.8, 4) is 0 Å². The molecule has 2 unspecified atom stereocenters. The Morgan fingerprint density at radius 1 is 1.18 bits per heavy atom. The van der Waals surface area contributed by atoms with Crippen LogP contribution in [0.3, 0.4) is 0 Å². The van der Waals surface area contributed by atoms with Crippen LogP contribution < -0.4 is 10.2 Å². The van der Waals surface area contributed by atoms with E-state index in [1.807, 2.05) is 0 Å². The highest BCUT2D eigenvalue weighted by molar-refractivity contribution is 5.95. The Kier molecular flexibility index (Phi) is 5.58. The molecule has 0 radical (unpaired) electrons. The van der Waals surface area contributed by atoms with E-state index in [1.54, 1.807) is 13.3 Å². The van der Waals surface area contributed by atoms with Crippen LogP contribution in [0.2, 0.25) is 0 Å². The fourth-order valence-electron chi connectivity index (χ4n) is 7.22. The Morgan fingerprint density at radius 3 is 2.55 bits per heavy atom. The molecular formula is C25H37N5O3. The van der Waals surface area contributed by atoms with Crippen LogP contribution >= 0.6 is 0 Å². The Hall–Kier alpha value is -1.77. The molecule has 2 N–H and O–H groups in total. The second kappa shape index (κ2) is 8.47. The van der Waals surface area contributed by atoms with E-state index in [9.17, 15) is 9.90 Å². The van der Waals surface area contributed by atoms with Crippen LogP contribution in [0, 0.1) is 17.8 Å². The molecule has 4 bridgehead atoms. The zero-order valence-electron chi connectivity index (χ0n) is 19.7. The Balaban J connectivity index is 1.15. The summed E-state index contributed by atoms with van der Waals surface area (Å²) in [6.45, 7) is 5.47. The molecule has 0 aromatic carbocycles. The number of aromatic nitrogens is 2. The predicted octanol–water partition coefficient (Wildman–Crippen LogP) is 1.79. The van der Waals surface area contributed by atoms with Gasteiger partial charge in [-0.2, -0.15) is 0 Å². The maximum absolute atomic E-state index is 13.4. The molecule has 8 heteroatoms. The number of aliphatic hydroxyl groups is 1. The Labute approximate surface area is 196 Å². The molecule has 8 nitrogen and oxygen atoms in total. The van der Waals surface area contributed by atoms with Crippen LogP contribution in [0.5, 0.6) is 0 Å². The first-order chi connectivity index (χ1) is 16.0. The van der Waals surface area contributed by atoms with Gasteiger partial charge in [0.25, 0.3) is 5.91 Å². The lowest BCUT2D eigenvalue weighted by atomic mass is 9.52. The number of anilines is 1. The van der Waals surface area contributed by atoms with E-state index in [4.69, 9.17) is 9.72 Å². The van der Waals surface area contributed by atoms with Gasteiger partial charge in [0, 0.05) is 58.0 Å². The monoisotopic (exact) mass is 455 g/mol. The molecule has 2 atom stereocenters. The number of piperazine rings is 1. The van der Waals surface area contributed by atoms with Gasteiger partial charge >= 0.3 is 0 Å². The van der Waals surface area contributed by atoms with Crippen molar-refractivity contribution < 1.29 is 14.6 Å². The van der Waals surface area contributed by atoms with Crippen molar-refractivity contribution in [2.24, 2.45) is 17.8 Å². The summed E-state index contributed by atoms with van der Waals surface area (Å²) < 4.78 is 5.20. The summed E-state index contributed by atoms with van der Waals surface area (Å²) in [7, 11) is 1.74. The van der Waals surface area contributed by atoms with Crippen molar-refractivity contribution in [1.29, 1.82) is 0 Å². The Morgan fingerprint density at radius 2 is 1.91 bits per heavy atom. The standard InChI is InChI=1S/C25H37N5O3/c1-33-9-8-29-4-6-30(7-5-29)24-26-15-20(22(28-24)17-2-3-17)23(31)27-21-18-10-16-11-19(21)14-25(32,12-16)13-18/h15-19,21,32H,2-14H2,1H3,(H,27,31)/t16?,18?,19?,21-,25+. The summed E-state index contributed by atoms with van der Waals surface area (Å²) in [5.74, 6) is 2.58. The second-order valence-corrected chi connectivity index (χ2v) is 11.3. The average molecular weight is 456 g/mol. The van der Waals surface area contributed by atoms with Gasteiger partial charge < -0.3 is 20.1 Å². The van der Waals surface area contributed by atoms with Crippen molar-refractivity contribution in [3.05, 3.63) is 17.5 Å². The minimum atomic E-state index is -0.477. The van der Waals surface area contributed by atoms with Crippen LogP contribution in [-0.4, -0.2) is 84.0 Å². The van der Waals surface area contributed by atoms with Gasteiger partial charge in [-0.3, -0.25) is 9.69 Å². The van der Waals surface area contributed by atoms with E-state index in [-0.39, 0.29) is 11.9 Å². The van der Waals surface area contributed by atoms with Crippen LogP contribution in [0.1, 0.15) is 66.9 Å². The zero-order chi connectivity index (χ0) is 22.6. The summed E-state index contributed by atoms with van der Waals surface area (Å²) in [4.78, 5) is 27.6. The van der Waals surface area contributed by atoms with Crippen molar-refractivity contribution in [3.63, 3.8) is 0 Å². The number of carbonyl (C=O) groups is 1. The lowest BCUT2D eigenvalue weighted by molar-refractivity contribution is -0.136. The molecule has 5 saturated carbocycles. The van der Waals surface area contributed by atoms with E-state index in [1.165, 1.54) is 0 Å². The lowest BCUT2D eigenvalue weighted by Crippen LogP contribution is -2.61. The highest BCUT2D eigenvalue weighted by Gasteiger charge is 2.55. The van der Waals surface area contributed by atoms with Gasteiger partial charge in [0.15, 0.2) is 0 Å². The van der Waals surface area contributed by atoms with E-state index < -0.39 is 5.60 Å². The number of nitrogens with zero attached hydrogens (tertiary/aromatic N) is 4. The van der Waals surface area contributed by atoms with Crippen LogP contribution in [0.25, 0.3) is 0 Å². The van der Waals surface area contributed by atoms with Gasteiger partial charge in [0.05, 0.1) is 23.5 Å². The minimum Gasteiger partial charge on any atom is -0.390 e. The predicted molar refractivity (Wildman–Crippen MR) is 124 cm³/mol. The molecule has 1 aromatic heterocycles. The molecule has 33 heavy (non-hydrogen) atoms. The summed E-state index contributed by atoms with van der Waals surface area (Å²) >= 11 is 0. The van der Waals surface area contributed by atoms with Gasteiger partial charge in [0.1, 0.15) is 0 Å². The van der Waals surface area contributed by atoms with E-state index in [0.29, 0.717) is 29.2 Å². The lowest BCUT2D eigenvalue weighted by Gasteiger charge is -2.58. The van der Waals surface area contributed by atoms with Crippen molar-refractivity contribution in [1.82, 2.24) is 20.2 Å². The second-order valence-electron chi connectivity index (χ2n) is 11.3. The fourth-order valence-corrected chi connectivity index (χ4v) is 7.22. The molecule has 1 saturated heterocycles. The highest BCUT2D eigenvalue weighted by Crippen LogP contribution is 2.55. The summed E-state index contributed by atoms with van der Waals surface area (Å²) in [6, 6.07) is 0.182.